The first-order chi connectivity index (χ1) is 13.2. The van der Waals surface area contributed by atoms with Crippen molar-refractivity contribution in [3.63, 3.8) is 0 Å². The Morgan fingerprint density at radius 3 is 2.21 bits per heavy atom. The third-order valence-corrected chi connectivity index (χ3v) is 3.81. The minimum atomic E-state index is -1.82. The number of methoxy groups -OCH3 is 1. The summed E-state index contributed by atoms with van der Waals surface area (Å²) in [5, 5.41) is 17.7. The van der Waals surface area contributed by atoms with Gasteiger partial charge in [-0.2, -0.15) is 0 Å². The summed E-state index contributed by atoms with van der Waals surface area (Å²) in [7, 11) is 5.61. The molecule has 0 radical (unpaired) electrons. The van der Waals surface area contributed by atoms with Gasteiger partial charge in [0, 0.05) is 26.1 Å². The highest BCUT2D eigenvalue weighted by Crippen LogP contribution is 2.21. The van der Waals surface area contributed by atoms with E-state index in [-0.39, 0.29) is 12.1 Å². The molecule has 28 heavy (non-hydrogen) atoms. The van der Waals surface area contributed by atoms with Crippen LogP contribution in [0.5, 0.6) is 11.5 Å². The number of carbonyl (C=O) groups is 3. The van der Waals surface area contributed by atoms with Crippen LogP contribution in [0.4, 0.5) is 4.79 Å². The summed E-state index contributed by atoms with van der Waals surface area (Å²) in [6.07, 6.45) is 0.903. The van der Waals surface area contributed by atoms with Crippen molar-refractivity contribution in [1.82, 2.24) is 15.1 Å². The average Bonchev–Trinajstić information content (AvgIpc) is 3.11. The quantitative estimate of drug-likeness (QED) is 0.595. The van der Waals surface area contributed by atoms with Crippen LogP contribution in [0.2, 0.25) is 0 Å². The average molecular weight is 397 g/mol. The van der Waals surface area contributed by atoms with Gasteiger partial charge in [0.05, 0.1) is 13.7 Å². The predicted molar refractivity (Wildman–Crippen MR) is 101 cm³/mol. The Morgan fingerprint density at radius 1 is 1.14 bits per heavy atom. The lowest BCUT2D eigenvalue weighted by Crippen LogP contribution is -2.41. The maximum atomic E-state index is 12.0. The second-order valence-corrected chi connectivity index (χ2v) is 6.30. The molecule has 0 bridgehead atoms. The number of carboxylic acid groups (broad SMARTS) is 2. The van der Waals surface area contributed by atoms with Gasteiger partial charge < -0.3 is 34.8 Å². The van der Waals surface area contributed by atoms with Crippen molar-refractivity contribution in [1.29, 1.82) is 0 Å². The fourth-order valence-electron chi connectivity index (χ4n) is 2.35. The number of rotatable bonds is 6. The number of likely N-dealkylation sites (N-methyl/N-ethyl adjacent to an activating group) is 1. The van der Waals surface area contributed by atoms with Gasteiger partial charge in [-0.25, -0.2) is 14.4 Å². The van der Waals surface area contributed by atoms with Gasteiger partial charge in [-0.3, -0.25) is 0 Å². The van der Waals surface area contributed by atoms with E-state index in [9.17, 15) is 4.79 Å². The maximum Gasteiger partial charge on any atom is 0.414 e. The zero-order valence-corrected chi connectivity index (χ0v) is 16.3. The molecule has 1 fully saturated rings. The summed E-state index contributed by atoms with van der Waals surface area (Å²) in [6, 6.07) is 7.51. The van der Waals surface area contributed by atoms with Crippen molar-refractivity contribution in [3.8, 4) is 11.5 Å². The molecule has 1 atom stereocenters. The molecule has 0 aromatic heterocycles. The fourth-order valence-corrected chi connectivity index (χ4v) is 2.35. The Kier molecular flexibility index (Phi) is 9.58. The standard InChI is InChI=1S/C16H25N3O3.C2H2O4/c1-18(2)11-9-17-16(20)19-10-8-15(12-19)22-14-6-4-13(21-3)5-7-14;3-1(4)2(5)6/h4-7,15H,8-12H2,1-3H3,(H,17,20);(H,3,4)(H,5,6). The van der Waals surface area contributed by atoms with Gasteiger partial charge in [0.2, 0.25) is 0 Å². The van der Waals surface area contributed by atoms with Gasteiger partial charge in [-0.15, -0.1) is 0 Å². The third-order valence-electron chi connectivity index (χ3n) is 3.81. The molecule has 1 aliphatic heterocycles. The van der Waals surface area contributed by atoms with Gasteiger partial charge in [-0.1, -0.05) is 0 Å². The second kappa shape index (κ2) is 11.7. The smallest absolute Gasteiger partial charge is 0.414 e. The first kappa shape index (κ1) is 23.0. The van der Waals surface area contributed by atoms with Crippen LogP contribution >= 0.6 is 0 Å². The maximum absolute atomic E-state index is 12.0. The van der Waals surface area contributed by atoms with E-state index >= 15 is 0 Å². The van der Waals surface area contributed by atoms with Gasteiger partial charge in [0.25, 0.3) is 0 Å². The van der Waals surface area contributed by atoms with Crippen LogP contribution in [0, 0.1) is 0 Å². The Bertz CT molecular complexity index is 637. The van der Waals surface area contributed by atoms with Gasteiger partial charge in [-0.05, 0) is 38.4 Å². The van der Waals surface area contributed by atoms with Gasteiger partial charge >= 0.3 is 18.0 Å². The number of nitrogens with one attached hydrogen (secondary N) is 1. The largest absolute Gasteiger partial charge is 0.497 e. The molecule has 3 N–H and O–H groups in total. The number of nitrogens with zero attached hydrogens (tertiary/aromatic N) is 2. The highest BCUT2D eigenvalue weighted by molar-refractivity contribution is 6.27. The van der Waals surface area contributed by atoms with Gasteiger partial charge in [0.15, 0.2) is 0 Å². The molecule has 1 aliphatic rings. The van der Waals surface area contributed by atoms with Crippen LogP contribution < -0.4 is 14.8 Å². The van der Waals surface area contributed by atoms with E-state index in [1.807, 2.05) is 48.2 Å². The summed E-state index contributed by atoms with van der Waals surface area (Å²) in [5.41, 5.74) is 0. The molecule has 0 aliphatic carbocycles. The van der Waals surface area contributed by atoms with Gasteiger partial charge in [0.1, 0.15) is 17.6 Å². The van der Waals surface area contributed by atoms with Crippen molar-refractivity contribution in [2.75, 3.05) is 47.4 Å². The highest BCUT2D eigenvalue weighted by atomic mass is 16.5. The Morgan fingerprint density at radius 2 is 1.71 bits per heavy atom. The first-order valence-corrected chi connectivity index (χ1v) is 8.67. The van der Waals surface area contributed by atoms with Crippen molar-refractivity contribution < 1.29 is 34.1 Å². The number of likely N-dealkylation sites (tertiary alicyclic amines) is 1. The highest BCUT2D eigenvalue weighted by Gasteiger charge is 2.27. The van der Waals surface area contributed by atoms with E-state index in [4.69, 9.17) is 29.3 Å². The number of carboxylic acids is 2. The normalized spacial score (nSPS) is 15.4. The molecule has 10 heteroatoms. The number of aliphatic carboxylic acids is 2. The van der Waals surface area contributed by atoms with E-state index in [0.29, 0.717) is 13.1 Å². The number of hydrogen-bond donors (Lipinski definition) is 3. The lowest BCUT2D eigenvalue weighted by Gasteiger charge is -2.19. The summed E-state index contributed by atoms with van der Waals surface area (Å²) < 4.78 is 11.0. The second-order valence-electron chi connectivity index (χ2n) is 6.30. The lowest BCUT2D eigenvalue weighted by atomic mass is 10.3. The zero-order chi connectivity index (χ0) is 21.1. The van der Waals surface area contributed by atoms with Crippen LogP contribution in [-0.2, 0) is 9.59 Å². The number of amides is 2. The molecule has 1 aromatic rings. The van der Waals surface area contributed by atoms with Crippen LogP contribution in [0.1, 0.15) is 6.42 Å². The number of ether oxygens (including phenoxy) is 2. The molecule has 0 spiro atoms. The van der Waals surface area contributed by atoms with E-state index in [0.717, 1.165) is 31.0 Å². The topological polar surface area (TPSA) is 129 Å². The van der Waals surface area contributed by atoms with E-state index in [1.165, 1.54) is 0 Å². The summed E-state index contributed by atoms with van der Waals surface area (Å²) >= 11 is 0. The predicted octanol–water partition coefficient (Wildman–Crippen LogP) is 0.575. The van der Waals surface area contributed by atoms with Crippen LogP contribution in [0.3, 0.4) is 0 Å². The number of benzene rings is 1. The van der Waals surface area contributed by atoms with E-state index in [2.05, 4.69) is 5.32 Å². The zero-order valence-electron chi connectivity index (χ0n) is 16.3. The van der Waals surface area contributed by atoms with Crippen molar-refractivity contribution in [2.45, 2.75) is 12.5 Å². The first-order valence-electron chi connectivity index (χ1n) is 8.67. The van der Waals surface area contributed by atoms with E-state index in [1.54, 1.807) is 7.11 Å². The molecule has 10 nitrogen and oxygen atoms in total. The monoisotopic (exact) mass is 397 g/mol. The fraction of sp³-hybridized carbons (Fsp3) is 0.500. The minimum Gasteiger partial charge on any atom is -0.497 e. The third kappa shape index (κ3) is 8.58. The molecular formula is C18H27N3O7. The molecule has 2 rings (SSSR count). The minimum absolute atomic E-state index is 0.0114. The Balaban J connectivity index is 0.000000568. The Labute approximate surface area is 163 Å². The number of hydrogen-bond acceptors (Lipinski definition) is 6. The molecular weight excluding hydrogens is 370 g/mol. The Hall–Kier alpha value is -3.01. The SMILES string of the molecule is COc1ccc(OC2CCN(C(=O)NCCN(C)C)C2)cc1.O=C(O)C(=O)O. The van der Waals surface area contributed by atoms with E-state index < -0.39 is 11.9 Å². The summed E-state index contributed by atoms with van der Waals surface area (Å²) in [4.78, 5) is 34.1. The molecule has 156 valence electrons. The van der Waals surface area contributed by atoms with Crippen LogP contribution in [-0.4, -0.2) is 91.5 Å². The van der Waals surface area contributed by atoms with Crippen LogP contribution in [0.25, 0.3) is 0 Å². The summed E-state index contributed by atoms with van der Waals surface area (Å²) in [6.45, 7) is 2.85. The van der Waals surface area contributed by atoms with Crippen LogP contribution in [0.15, 0.2) is 24.3 Å². The molecule has 1 saturated heterocycles. The summed E-state index contributed by atoms with van der Waals surface area (Å²) in [5.74, 6) is -2.04. The number of carbonyl (C=O) groups excluding carboxylic acids is 1. The molecule has 1 heterocycles. The molecule has 0 saturated carbocycles. The lowest BCUT2D eigenvalue weighted by molar-refractivity contribution is -0.159. The van der Waals surface area contributed by atoms with Crippen molar-refractivity contribution in [3.05, 3.63) is 24.3 Å². The molecule has 1 aromatic carbocycles. The van der Waals surface area contributed by atoms with Crippen molar-refractivity contribution in [2.24, 2.45) is 0 Å². The molecule has 1 unspecified atom stereocenters. The number of urea groups is 1. The van der Waals surface area contributed by atoms with Crippen molar-refractivity contribution >= 4 is 18.0 Å². The molecule has 2 amide bonds.